The highest BCUT2D eigenvalue weighted by molar-refractivity contribution is 8.52. The van der Waals surface area contributed by atoms with E-state index in [1.807, 2.05) is 13.8 Å². The molecule has 0 aromatic carbocycles. The zero-order valence-corrected chi connectivity index (χ0v) is 13.9. The first-order chi connectivity index (χ1) is 7.95. The zero-order chi connectivity index (χ0) is 14.1. The molecule has 6 heteroatoms. The number of hydrogen-bond acceptors (Lipinski definition) is 5. The van der Waals surface area contributed by atoms with Gasteiger partial charge in [-0.15, -0.1) is 0 Å². The van der Waals surface area contributed by atoms with Crippen molar-refractivity contribution >= 4 is 19.0 Å². The highest BCUT2D eigenvalue weighted by Crippen LogP contribution is 2.43. The van der Waals surface area contributed by atoms with Gasteiger partial charge in [-0.3, -0.25) is 0 Å². The third-order valence-corrected chi connectivity index (χ3v) is 3.75. The monoisotopic (exact) mass is 286 g/mol. The summed E-state index contributed by atoms with van der Waals surface area (Å²) in [6, 6.07) is 0. The molecule has 0 aliphatic heterocycles. The lowest BCUT2D eigenvalue weighted by Gasteiger charge is -2.02. The standard InChI is InChI=1S/2C4H11N.C3H9O2PS/c2*1-3-5-4-2;1-3(2)7-6(4)5/h2*5H,3-4H2,1-2H3;3-5H,1-2H3. The smallest absolute Gasteiger partial charge is 0.232 e. The third-order valence-electron chi connectivity index (χ3n) is 1.31. The Bertz CT molecular complexity index is 104. The van der Waals surface area contributed by atoms with Crippen molar-refractivity contribution in [3.63, 3.8) is 0 Å². The molecule has 0 saturated heterocycles. The van der Waals surface area contributed by atoms with E-state index in [-0.39, 0.29) is 0 Å². The van der Waals surface area contributed by atoms with Crippen LogP contribution < -0.4 is 10.6 Å². The van der Waals surface area contributed by atoms with E-state index in [0.717, 1.165) is 26.2 Å². The average molecular weight is 286 g/mol. The highest BCUT2D eigenvalue weighted by Gasteiger charge is 2.00. The van der Waals surface area contributed by atoms with Gasteiger partial charge in [0, 0.05) is 5.25 Å². The van der Waals surface area contributed by atoms with E-state index in [2.05, 4.69) is 38.3 Å². The maximum absolute atomic E-state index is 8.31. The normalized spacial score (nSPS) is 9.53. The molecule has 4 nitrogen and oxygen atoms in total. The minimum absolute atomic E-state index is 0.320. The Hall–Kier alpha value is 0.620. The number of nitrogens with one attached hydrogen (secondary N) is 2. The second kappa shape index (κ2) is 21.9. The van der Waals surface area contributed by atoms with Crippen LogP contribution in [0.5, 0.6) is 0 Å². The van der Waals surface area contributed by atoms with Gasteiger partial charge in [0.1, 0.15) is 0 Å². The third kappa shape index (κ3) is 47.8. The minimum Gasteiger partial charge on any atom is -0.342 e. The summed E-state index contributed by atoms with van der Waals surface area (Å²) in [4.78, 5) is 16.6. The lowest BCUT2D eigenvalue weighted by molar-refractivity contribution is 0.505. The van der Waals surface area contributed by atoms with Crippen LogP contribution in [-0.4, -0.2) is 41.2 Å². The molecular weight excluding hydrogens is 255 g/mol. The van der Waals surface area contributed by atoms with Gasteiger partial charge in [0.05, 0.1) is 0 Å². The van der Waals surface area contributed by atoms with Crippen LogP contribution in [0.25, 0.3) is 0 Å². The van der Waals surface area contributed by atoms with E-state index in [4.69, 9.17) is 9.79 Å². The van der Waals surface area contributed by atoms with Gasteiger partial charge in [-0.25, -0.2) is 0 Å². The maximum atomic E-state index is 8.31. The molecule has 0 radical (unpaired) electrons. The molecule has 0 aliphatic carbocycles. The lowest BCUT2D eigenvalue weighted by atomic mass is 10.6. The molecule has 0 bridgehead atoms. The summed E-state index contributed by atoms with van der Waals surface area (Å²) in [6.07, 6.45) is 0. The summed E-state index contributed by atoms with van der Waals surface area (Å²) >= 11 is 1.19. The zero-order valence-electron chi connectivity index (χ0n) is 12.2. The molecule has 0 heterocycles. The van der Waals surface area contributed by atoms with Crippen molar-refractivity contribution in [3.05, 3.63) is 0 Å². The fourth-order valence-electron chi connectivity index (χ4n) is 0.689. The minimum atomic E-state index is -1.72. The molecule has 0 aromatic rings. The van der Waals surface area contributed by atoms with Crippen molar-refractivity contribution < 1.29 is 9.79 Å². The second-order valence-electron chi connectivity index (χ2n) is 3.32. The molecule has 108 valence electrons. The quantitative estimate of drug-likeness (QED) is 0.565. The molecule has 0 spiro atoms. The Kier molecular flexibility index (Phi) is 29.3. The van der Waals surface area contributed by atoms with Crippen LogP contribution in [0.2, 0.25) is 0 Å². The fraction of sp³-hybridized carbons (Fsp3) is 1.00. The summed E-state index contributed by atoms with van der Waals surface area (Å²) in [5.41, 5.74) is 0. The van der Waals surface area contributed by atoms with E-state index in [1.54, 1.807) is 0 Å². The molecular formula is C11H31N2O2PS. The van der Waals surface area contributed by atoms with Crippen molar-refractivity contribution in [3.8, 4) is 0 Å². The number of rotatable bonds is 6. The SMILES string of the molecule is CC(C)SP(O)O.CCNCC.CCNCC. The van der Waals surface area contributed by atoms with Crippen LogP contribution in [-0.2, 0) is 0 Å². The summed E-state index contributed by atoms with van der Waals surface area (Å²) in [6.45, 7) is 16.6. The van der Waals surface area contributed by atoms with Crippen molar-refractivity contribution in [1.29, 1.82) is 0 Å². The van der Waals surface area contributed by atoms with Gasteiger partial charge in [-0.2, -0.15) is 0 Å². The van der Waals surface area contributed by atoms with Crippen molar-refractivity contribution in [2.24, 2.45) is 0 Å². The molecule has 0 atom stereocenters. The van der Waals surface area contributed by atoms with Gasteiger partial charge in [0.2, 0.25) is 7.58 Å². The summed E-state index contributed by atoms with van der Waals surface area (Å²) in [5, 5.41) is 6.54. The summed E-state index contributed by atoms with van der Waals surface area (Å²) < 4.78 is 0. The first-order valence-electron chi connectivity index (χ1n) is 6.22. The molecule has 0 aliphatic rings. The Morgan fingerprint density at radius 1 is 0.882 bits per heavy atom. The van der Waals surface area contributed by atoms with Crippen LogP contribution in [0, 0.1) is 0 Å². The molecule has 0 amide bonds. The van der Waals surface area contributed by atoms with E-state index < -0.39 is 7.58 Å². The van der Waals surface area contributed by atoms with Crippen LogP contribution in [0.1, 0.15) is 41.5 Å². The van der Waals surface area contributed by atoms with Gasteiger partial charge < -0.3 is 20.4 Å². The predicted octanol–water partition coefficient (Wildman–Crippen LogP) is 2.57. The van der Waals surface area contributed by atoms with Gasteiger partial charge in [0.15, 0.2) is 0 Å². The van der Waals surface area contributed by atoms with Crippen LogP contribution in [0.15, 0.2) is 0 Å². The van der Waals surface area contributed by atoms with Crippen LogP contribution in [0.3, 0.4) is 0 Å². The van der Waals surface area contributed by atoms with E-state index in [0.29, 0.717) is 5.25 Å². The van der Waals surface area contributed by atoms with Gasteiger partial charge >= 0.3 is 0 Å². The van der Waals surface area contributed by atoms with Crippen molar-refractivity contribution in [1.82, 2.24) is 10.6 Å². The Balaban J connectivity index is -0.000000177. The first-order valence-corrected chi connectivity index (χ1v) is 8.95. The average Bonchev–Trinajstić information content (AvgIpc) is 2.19. The first kappa shape index (κ1) is 22.8. The highest BCUT2D eigenvalue weighted by atomic mass is 32.7. The van der Waals surface area contributed by atoms with Crippen LogP contribution in [0.4, 0.5) is 0 Å². The van der Waals surface area contributed by atoms with Crippen LogP contribution >= 0.6 is 19.0 Å². The fourth-order valence-corrected chi connectivity index (χ4v) is 2.20. The summed E-state index contributed by atoms with van der Waals surface area (Å²) in [7, 11) is -1.72. The topological polar surface area (TPSA) is 64.5 Å². The Morgan fingerprint density at radius 3 is 1.18 bits per heavy atom. The van der Waals surface area contributed by atoms with E-state index in [1.165, 1.54) is 11.4 Å². The maximum Gasteiger partial charge on any atom is 0.232 e. The number of hydrogen-bond donors (Lipinski definition) is 4. The molecule has 0 fully saturated rings. The molecule has 0 rings (SSSR count). The molecule has 17 heavy (non-hydrogen) atoms. The summed E-state index contributed by atoms with van der Waals surface area (Å²) in [5.74, 6) is 0. The van der Waals surface area contributed by atoms with Crippen molar-refractivity contribution in [2.45, 2.75) is 46.8 Å². The van der Waals surface area contributed by atoms with E-state index in [9.17, 15) is 0 Å². The van der Waals surface area contributed by atoms with Gasteiger partial charge in [0.25, 0.3) is 0 Å². The molecule has 0 aromatic heterocycles. The lowest BCUT2D eigenvalue weighted by Crippen LogP contribution is -2.09. The molecule has 0 unspecified atom stereocenters. The largest absolute Gasteiger partial charge is 0.342 e. The second-order valence-corrected chi connectivity index (χ2v) is 6.59. The Morgan fingerprint density at radius 2 is 1.18 bits per heavy atom. The molecule has 4 N–H and O–H groups in total. The molecule has 0 saturated carbocycles. The van der Waals surface area contributed by atoms with E-state index >= 15 is 0 Å². The Labute approximate surface area is 113 Å². The predicted molar refractivity (Wildman–Crippen MR) is 82.5 cm³/mol. The van der Waals surface area contributed by atoms with Gasteiger partial charge in [-0.05, 0) is 26.2 Å². The van der Waals surface area contributed by atoms with Crippen molar-refractivity contribution in [2.75, 3.05) is 26.2 Å². The van der Waals surface area contributed by atoms with Gasteiger partial charge in [-0.1, -0.05) is 52.9 Å².